The molecule has 2 heterocycles. The number of carbonyl (C=O) groups is 1. The van der Waals surface area contributed by atoms with Crippen molar-refractivity contribution in [1.29, 1.82) is 0 Å². The maximum absolute atomic E-state index is 12.3. The molecule has 6 nitrogen and oxygen atoms in total. The molecule has 0 unspecified atom stereocenters. The Morgan fingerprint density at radius 1 is 1.63 bits per heavy atom. The Morgan fingerprint density at radius 3 is 3.00 bits per heavy atom. The maximum atomic E-state index is 12.3. The summed E-state index contributed by atoms with van der Waals surface area (Å²) in [5.74, 6) is 4.66. The van der Waals surface area contributed by atoms with Crippen LogP contribution in [0.25, 0.3) is 10.2 Å². The largest absolute Gasteiger partial charge is 0.292 e. The van der Waals surface area contributed by atoms with Crippen molar-refractivity contribution in [3.8, 4) is 0 Å². The second-order valence-corrected chi connectivity index (χ2v) is 5.44. The minimum Gasteiger partial charge on any atom is -0.292 e. The van der Waals surface area contributed by atoms with E-state index in [1.54, 1.807) is 6.92 Å². The number of nitrogens with two attached hydrogens (primary N) is 1. The van der Waals surface area contributed by atoms with Crippen LogP contribution >= 0.6 is 11.3 Å². The van der Waals surface area contributed by atoms with Gasteiger partial charge in [0.05, 0.1) is 11.7 Å². The van der Waals surface area contributed by atoms with Crippen molar-refractivity contribution in [3.63, 3.8) is 0 Å². The third kappa shape index (κ3) is 2.52. The van der Waals surface area contributed by atoms with Crippen LogP contribution in [0.3, 0.4) is 0 Å². The zero-order valence-corrected chi connectivity index (χ0v) is 11.7. The summed E-state index contributed by atoms with van der Waals surface area (Å²) in [4.78, 5) is 29.9. The summed E-state index contributed by atoms with van der Waals surface area (Å²) in [6.07, 6.45) is 3.35. The SMILES string of the molecule is CCCc1cc2c(=O)n([C@@H](C)C(=O)NN)cnc2s1. The van der Waals surface area contributed by atoms with Crippen molar-refractivity contribution in [2.45, 2.75) is 32.7 Å². The van der Waals surface area contributed by atoms with Crippen molar-refractivity contribution in [2.75, 3.05) is 0 Å². The molecule has 2 aromatic rings. The maximum Gasteiger partial charge on any atom is 0.262 e. The summed E-state index contributed by atoms with van der Waals surface area (Å²) in [7, 11) is 0. The monoisotopic (exact) mass is 280 g/mol. The number of aryl methyl sites for hydroxylation is 1. The standard InChI is InChI=1S/C12H16N4O2S/c1-3-4-8-5-9-11(19-8)14-6-16(12(9)18)7(2)10(17)15-13/h5-7H,3-4,13H2,1-2H3,(H,15,17)/t7-/m0/s1. The summed E-state index contributed by atoms with van der Waals surface area (Å²) >= 11 is 1.52. The van der Waals surface area contributed by atoms with Crippen LogP contribution < -0.4 is 16.8 Å². The number of hydrazine groups is 1. The number of aromatic nitrogens is 2. The molecule has 0 spiro atoms. The van der Waals surface area contributed by atoms with Crippen LogP contribution in [-0.2, 0) is 11.2 Å². The van der Waals surface area contributed by atoms with Gasteiger partial charge in [-0.25, -0.2) is 10.8 Å². The van der Waals surface area contributed by atoms with Gasteiger partial charge in [-0.2, -0.15) is 0 Å². The molecule has 7 heteroatoms. The normalized spacial score (nSPS) is 12.6. The molecule has 1 amide bonds. The predicted octanol–water partition coefficient (Wildman–Crippen LogP) is 0.961. The number of hydrogen-bond donors (Lipinski definition) is 2. The first kappa shape index (κ1) is 13.7. The Bertz CT molecular complexity index is 661. The van der Waals surface area contributed by atoms with Gasteiger partial charge in [0.25, 0.3) is 11.5 Å². The molecule has 0 fully saturated rings. The fourth-order valence-corrected chi connectivity index (χ4v) is 2.97. The Morgan fingerprint density at radius 2 is 2.37 bits per heavy atom. The highest BCUT2D eigenvalue weighted by Gasteiger charge is 2.17. The first-order chi connectivity index (χ1) is 9.08. The smallest absolute Gasteiger partial charge is 0.262 e. The predicted molar refractivity (Wildman–Crippen MR) is 74.9 cm³/mol. The van der Waals surface area contributed by atoms with E-state index in [9.17, 15) is 9.59 Å². The van der Waals surface area contributed by atoms with Gasteiger partial charge < -0.3 is 0 Å². The number of thiophene rings is 1. The molecule has 2 aromatic heterocycles. The number of rotatable bonds is 4. The van der Waals surface area contributed by atoms with Gasteiger partial charge in [0.2, 0.25) is 0 Å². The van der Waals surface area contributed by atoms with Gasteiger partial charge >= 0.3 is 0 Å². The molecule has 0 saturated heterocycles. The van der Waals surface area contributed by atoms with Crippen molar-refractivity contribution in [2.24, 2.45) is 5.84 Å². The zero-order valence-electron chi connectivity index (χ0n) is 10.8. The molecule has 2 rings (SSSR count). The van der Waals surface area contributed by atoms with Gasteiger partial charge in [0.1, 0.15) is 10.9 Å². The van der Waals surface area contributed by atoms with Gasteiger partial charge in [-0.05, 0) is 19.4 Å². The van der Waals surface area contributed by atoms with Crippen molar-refractivity contribution in [1.82, 2.24) is 15.0 Å². The number of amides is 1. The Labute approximate surface area is 114 Å². The van der Waals surface area contributed by atoms with E-state index in [0.717, 1.165) is 17.7 Å². The highest BCUT2D eigenvalue weighted by Crippen LogP contribution is 2.22. The zero-order chi connectivity index (χ0) is 14.0. The highest BCUT2D eigenvalue weighted by atomic mass is 32.1. The molecule has 0 radical (unpaired) electrons. The average molecular weight is 280 g/mol. The van der Waals surface area contributed by atoms with E-state index in [1.807, 2.05) is 11.5 Å². The van der Waals surface area contributed by atoms with Crippen LogP contribution in [0.15, 0.2) is 17.2 Å². The van der Waals surface area contributed by atoms with Crippen LogP contribution in [0.2, 0.25) is 0 Å². The second kappa shape index (κ2) is 5.50. The number of carbonyl (C=O) groups excluding carboxylic acids is 1. The molecule has 0 aromatic carbocycles. The lowest BCUT2D eigenvalue weighted by Gasteiger charge is -2.12. The van der Waals surface area contributed by atoms with Crippen LogP contribution in [0.4, 0.5) is 0 Å². The van der Waals surface area contributed by atoms with Gasteiger partial charge in [-0.3, -0.25) is 19.6 Å². The van der Waals surface area contributed by atoms with Crippen molar-refractivity contribution >= 4 is 27.5 Å². The number of nitrogens with zero attached hydrogens (tertiary/aromatic N) is 2. The van der Waals surface area contributed by atoms with Gasteiger partial charge in [0.15, 0.2) is 0 Å². The lowest BCUT2D eigenvalue weighted by molar-refractivity contribution is -0.124. The van der Waals surface area contributed by atoms with E-state index in [-0.39, 0.29) is 5.56 Å². The minimum absolute atomic E-state index is 0.209. The molecule has 1 atom stereocenters. The number of nitrogens with one attached hydrogen (secondary N) is 1. The lowest BCUT2D eigenvalue weighted by atomic mass is 10.2. The molecular formula is C12H16N4O2S. The quantitative estimate of drug-likeness (QED) is 0.496. The van der Waals surface area contributed by atoms with E-state index < -0.39 is 11.9 Å². The Balaban J connectivity index is 2.51. The van der Waals surface area contributed by atoms with Crippen LogP contribution in [0.5, 0.6) is 0 Å². The van der Waals surface area contributed by atoms with Gasteiger partial charge in [-0.1, -0.05) is 13.3 Å². The first-order valence-corrected chi connectivity index (χ1v) is 6.90. The van der Waals surface area contributed by atoms with E-state index in [4.69, 9.17) is 5.84 Å². The fourth-order valence-electron chi connectivity index (χ4n) is 1.88. The van der Waals surface area contributed by atoms with E-state index in [2.05, 4.69) is 11.9 Å². The van der Waals surface area contributed by atoms with Crippen LogP contribution in [0.1, 0.15) is 31.2 Å². The highest BCUT2D eigenvalue weighted by molar-refractivity contribution is 7.18. The minimum atomic E-state index is -0.677. The molecule has 0 bridgehead atoms. The number of hydrogen-bond acceptors (Lipinski definition) is 5. The molecule has 0 aliphatic rings. The first-order valence-electron chi connectivity index (χ1n) is 6.08. The summed E-state index contributed by atoms with van der Waals surface area (Å²) < 4.78 is 1.30. The Hall–Kier alpha value is -1.73. The van der Waals surface area contributed by atoms with Gasteiger partial charge in [0, 0.05) is 4.88 Å². The summed E-state index contributed by atoms with van der Waals surface area (Å²) in [6, 6.07) is 1.19. The summed E-state index contributed by atoms with van der Waals surface area (Å²) in [5.41, 5.74) is 1.83. The third-order valence-corrected chi connectivity index (χ3v) is 4.07. The molecular weight excluding hydrogens is 264 g/mol. The molecule has 19 heavy (non-hydrogen) atoms. The lowest BCUT2D eigenvalue weighted by Crippen LogP contribution is -2.39. The van der Waals surface area contributed by atoms with Crippen LogP contribution in [0, 0.1) is 0 Å². The molecule has 0 saturated carbocycles. The summed E-state index contributed by atoms with van der Waals surface area (Å²) in [5, 5.41) is 0.563. The second-order valence-electron chi connectivity index (χ2n) is 4.32. The topological polar surface area (TPSA) is 90.0 Å². The van der Waals surface area contributed by atoms with Crippen LogP contribution in [-0.4, -0.2) is 15.5 Å². The van der Waals surface area contributed by atoms with E-state index >= 15 is 0 Å². The van der Waals surface area contributed by atoms with Gasteiger partial charge in [-0.15, -0.1) is 11.3 Å². The average Bonchev–Trinajstić information content (AvgIpc) is 2.81. The summed E-state index contributed by atoms with van der Waals surface area (Å²) in [6.45, 7) is 3.69. The van der Waals surface area contributed by atoms with E-state index in [0.29, 0.717) is 10.2 Å². The van der Waals surface area contributed by atoms with Crippen molar-refractivity contribution in [3.05, 3.63) is 27.6 Å². The van der Waals surface area contributed by atoms with Crippen molar-refractivity contribution < 1.29 is 4.79 Å². The third-order valence-electron chi connectivity index (χ3n) is 2.96. The molecule has 102 valence electrons. The molecule has 0 aliphatic carbocycles. The molecule has 3 N–H and O–H groups in total. The number of fused-ring (bicyclic) bond motifs is 1. The molecule has 0 aliphatic heterocycles. The fraction of sp³-hybridized carbons (Fsp3) is 0.417. The van der Waals surface area contributed by atoms with E-state index in [1.165, 1.54) is 22.2 Å². The Kier molecular flexibility index (Phi) is 3.96.